The molecule has 0 N–H and O–H groups in total. The van der Waals surface area contributed by atoms with E-state index in [-0.39, 0.29) is 23.3 Å². The van der Waals surface area contributed by atoms with Gasteiger partial charge in [0.2, 0.25) is 0 Å². The van der Waals surface area contributed by atoms with Crippen LogP contribution < -0.4 is 4.74 Å². The number of nitrogens with zero attached hydrogens (tertiary/aromatic N) is 3. The lowest BCUT2D eigenvalue weighted by molar-refractivity contribution is 0.0744. The van der Waals surface area contributed by atoms with Crippen molar-refractivity contribution in [1.29, 1.82) is 0 Å². The van der Waals surface area contributed by atoms with E-state index in [0.29, 0.717) is 13.1 Å². The van der Waals surface area contributed by atoms with Crippen molar-refractivity contribution >= 4 is 5.91 Å². The smallest absolute Gasteiger partial charge is 0.260 e. The van der Waals surface area contributed by atoms with E-state index in [2.05, 4.69) is 5.10 Å². The Morgan fingerprint density at radius 1 is 1.43 bits per heavy atom. The average molecular weight is 319 g/mol. The van der Waals surface area contributed by atoms with Crippen molar-refractivity contribution in [1.82, 2.24) is 14.7 Å². The van der Waals surface area contributed by atoms with Gasteiger partial charge < -0.3 is 9.64 Å². The average Bonchev–Trinajstić information content (AvgIpc) is 3.00. The molecule has 0 bridgehead atoms. The number of rotatable bonds is 6. The van der Waals surface area contributed by atoms with Gasteiger partial charge in [0.25, 0.3) is 5.91 Å². The van der Waals surface area contributed by atoms with Crippen molar-refractivity contribution < 1.29 is 13.9 Å². The molecule has 0 aliphatic carbocycles. The summed E-state index contributed by atoms with van der Waals surface area (Å²) in [4.78, 5) is 14.3. The van der Waals surface area contributed by atoms with Gasteiger partial charge in [0, 0.05) is 30.9 Å². The van der Waals surface area contributed by atoms with Gasteiger partial charge in [-0.05, 0) is 32.9 Å². The molecular formula is C17H22FN3O2. The molecule has 1 heterocycles. The minimum absolute atomic E-state index is 0.0342. The molecule has 0 radical (unpaired) electrons. The largest absolute Gasteiger partial charge is 0.496 e. The second-order valence-electron chi connectivity index (χ2n) is 5.56. The summed E-state index contributed by atoms with van der Waals surface area (Å²) >= 11 is 0. The number of ether oxygens (including phenoxy) is 1. The number of hydrogen-bond acceptors (Lipinski definition) is 3. The molecule has 2 rings (SSSR count). The summed E-state index contributed by atoms with van der Waals surface area (Å²) in [5.41, 5.74) is 0.873. The zero-order valence-corrected chi connectivity index (χ0v) is 13.9. The fourth-order valence-electron chi connectivity index (χ4n) is 2.33. The van der Waals surface area contributed by atoms with Crippen molar-refractivity contribution in [2.75, 3.05) is 13.7 Å². The first kappa shape index (κ1) is 17.0. The van der Waals surface area contributed by atoms with Gasteiger partial charge >= 0.3 is 0 Å². The molecule has 6 heteroatoms. The monoisotopic (exact) mass is 319 g/mol. The van der Waals surface area contributed by atoms with Crippen LogP contribution in [0, 0.1) is 5.82 Å². The first-order chi connectivity index (χ1) is 11.0. The molecule has 0 fully saturated rings. The van der Waals surface area contributed by atoms with Crippen molar-refractivity contribution in [2.24, 2.45) is 0 Å². The number of hydrogen-bond donors (Lipinski definition) is 0. The fourth-order valence-corrected chi connectivity index (χ4v) is 2.33. The van der Waals surface area contributed by atoms with E-state index in [1.54, 1.807) is 17.2 Å². The number of carbonyl (C=O) groups is 1. The minimum Gasteiger partial charge on any atom is -0.496 e. The third-order valence-corrected chi connectivity index (χ3v) is 3.64. The van der Waals surface area contributed by atoms with Crippen LogP contribution in [0.3, 0.4) is 0 Å². The van der Waals surface area contributed by atoms with Gasteiger partial charge in [-0.2, -0.15) is 5.10 Å². The molecule has 1 aromatic carbocycles. The normalized spacial score (nSPS) is 10.9. The van der Waals surface area contributed by atoms with Crippen LogP contribution in [-0.4, -0.2) is 34.2 Å². The van der Waals surface area contributed by atoms with Crippen LogP contribution in [0.2, 0.25) is 0 Å². The summed E-state index contributed by atoms with van der Waals surface area (Å²) in [6, 6.07) is 4.62. The van der Waals surface area contributed by atoms with Crippen LogP contribution in [0.1, 0.15) is 42.7 Å². The summed E-state index contributed by atoms with van der Waals surface area (Å²) in [5.74, 6) is -0.725. The lowest BCUT2D eigenvalue weighted by Crippen LogP contribution is -2.31. The molecule has 1 aromatic heterocycles. The molecule has 0 atom stereocenters. The first-order valence-corrected chi connectivity index (χ1v) is 7.62. The summed E-state index contributed by atoms with van der Waals surface area (Å²) in [6.07, 6.45) is 3.63. The second-order valence-corrected chi connectivity index (χ2v) is 5.56. The van der Waals surface area contributed by atoms with Crippen LogP contribution in [0.5, 0.6) is 5.75 Å². The van der Waals surface area contributed by atoms with E-state index in [0.717, 1.165) is 5.56 Å². The molecule has 0 saturated heterocycles. The quantitative estimate of drug-likeness (QED) is 0.821. The maximum Gasteiger partial charge on any atom is 0.260 e. The molecule has 0 unspecified atom stereocenters. The second kappa shape index (κ2) is 7.26. The van der Waals surface area contributed by atoms with Crippen LogP contribution >= 0.6 is 0 Å². The Kier molecular flexibility index (Phi) is 5.36. The summed E-state index contributed by atoms with van der Waals surface area (Å²) < 4.78 is 21.0. The Bertz CT molecular complexity index is 682. The highest BCUT2D eigenvalue weighted by Crippen LogP contribution is 2.23. The first-order valence-electron chi connectivity index (χ1n) is 7.62. The Morgan fingerprint density at radius 3 is 2.74 bits per heavy atom. The SMILES string of the molecule is CCN(Cc1cnn(C(C)C)c1)C(=O)c1c(F)cccc1OC. The van der Waals surface area contributed by atoms with Gasteiger partial charge in [-0.1, -0.05) is 6.07 Å². The zero-order valence-electron chi connectivity index (χ0n) is 13.9. The van der Waals surface area contributed by atoms with Gasteiger partial charge in [0.1, 0.15) is 17.1 Å². The summed E-state index contributed by atoms with van der Waals surface area (Å²) in [5, 5.41) is 4.27. The highest BCUT2D eigenvalue weighted by molar-refractivity contribution is 5.97. The van der Waals surface area contributed by atoms with E-state index in [1.807, 2.05) is 31.6 Å². The highest BCUT2D eigenvalue weighted by atomic mass is 19.1. The molecule has 124 valence electrons. The predicted molar refractivity (Wildman–Crippen MR) is 86.0 cm³/mol. The number of carbonyl (C=O) groups excluding carboxylic acids is 1. The van der Waals surface area contributed by atoms with E-state index in [9.17, 15) is 9.18 Å². The predicted octanol–water partition coefficient (Wildman–Crippen LogP) is 3.27. The number of benzene rings is 1. The van der Waals surface area contributed by atoms with Crippen LogP contribution in [0.25, 0.3) is 0 Å². The molecule has 0 aliphatic heterocycles. The van der Waals surface area contributed by atoms with Crippen molar-refractivity contribution in [3.05, 3.63) is 47.5 Å². The maximum absolute atomic E-state index is 14.1. The van der Waals surface area contributed by atoms with Crippen LogP contribution in [0.4, 0.5) is 4.39 Å². The number of halogens is 1. The van der Waals surface area contributed by atoms with E-state index >= 15 is 0 Å². The van der Waals surface area contributed by atoms with Gasteiger partial charge in [0.05, 0.1) is 13.3 Å². The topological polar surface area (TPSA) is 47.4 Å². The molecular weight excluding hydrogens is 297 g/mol. The van der Waals surface area contributed by atoms with Gasteiger partial charge in [-0.25, -0.2) is 4.39 Å². The zero-order chi connectivity index (χ0) is 17.0. The number of methoxy groups -OCH3 is 1. The maximum atomic E-state index is 14.1. The van der Waals surface area contributed by atoms with E-state index in [1.165, 1.54) is 19.2 Å². The summed E-state index contributed by atoms with van der Waals surface area (Å²) in [7, 11) is 1.43. The van der Waals surface area contributed by atoms with Gasteiger partial charge in [-0.3, -0.25) is 9.48 Å². The Hall–Kier alpha value is -2.37. The Balaban J connectivity index is 2.25. The molecule has 23 heavy (non-hydrogen) atoms. The third-order valence-electron chi connectivity index (χ3n) is 3.64. The minimum atomic E-state index is -0.578. The van der Waals surface area contributed by atoms with Crippen molar-refractivity contribution in [2.45, 2.75) is 33.4 Å². The molecule has 0 aliphatic rings. The molecule has 0 saturated carbocycles. The van der Waals surface area contributed by atoms with E-state index in [4.69, 9.17) is 4.74 Å². The van der Waals surface area contributed by atoms with Crippen LogP contribution in [0.15, 0.2) is 30.6 Å². The Morgan fingerprint density at radius 2 is 2.17 bits per heavy atom. The lowest BCUT2D eigenvalue weighted by atomic mass is 10.1. The highest BCUT2D eigenvalue weighted by Gasteiger charge is 2.23. The summed E-state index contributed by atoms with van der Waals surface area (Å²) in [6.45, 7) is 6.76. The van der Waals surface area contributed by atoms with Crippen molar-refractivity contribution in [3.8, 4) is 5.75 Å². The third kappa shape index (κ3) is 3.70. The Labute approximate surface area is 135 Å². The van der Waals surface area contributed by atoms with Gasteiger partial charge in [-0.15, -0.1) is 0 Å². The van der Waals surface area contributed by atoms with Crippen LogP contribution in [-0.2, 0) is 6.54 Å². The lowest BCUT2D eigenvalue weighted by Gasteiger charge is -2.21. The van der Waals surface area contributed by atoms with Crippen molar-refractivity contribution in [3.63, 3.8) is 0 Å². The number of aromatic nitrogens is 2. The molecule has 2 aromatic rings. The fraction of sp³-hybridized carbons (Fsp3) is 0.412. The molecule has 5 nitrogen and oxygen atoms in total. The molecule has 1 amide bonds. The number of amides is 1. The van der Waals surface area contributed by atoms with E-state index < -0.39 is 5.82 Å². The standard InChI is InChI=1S/C17H22FN3O2/c1-5-20(10-13-9-19-21(11-13)12(2)3)17(22)16-14(18)7-6-8-15(16)23-4/h6-9,11-12H,5,10H2,1-4H3. The van der Waals surface area contributed by atoms with Gasteiger partial charge in [0.15, 0.2) is 0 Å². The molecule has 0 spiro atoms.